The lowest BCUT2D eigenvalue weighted by atomic mass is 10.00. The van der Waals surface area contributed by atoms with Crippen LogP contribution in [0.1, 0.15) is 11.1 Å². The fraction of sp³-hybridized carbons (Fsp3) is 0.0909. The maximum absolute atomic E-state index is 11.1. The van der Waals surface area contributed by atoms with Gasteiger partial charge in [-0.05, 0) is 66.1 Å². The zero-order chi connectivity index (χ0) is 35.2. The highest BCUT2D eigenvalue weighted by Gasteiger charge is 2.22. The molecule has 0 aliphatic carbocycles. The van der Waals surface area contributed by atoms with Crippen LogP contribution in [0.4, 0.5) is 11.4 Å². The summed E-state index contributed by atoms with van der Waals surface area (Å²) in [7, 11) is 3.09. The number of ether oxygens (including phenoxy) is 2. The van der Waals surface area contributed by atoms with E-state index in [1.807, 2.05) is 36.4 Å². The lowest BCUT2D eigenvalue weighted by Crippen LogP contribution is -1.96. The highest BCUT2D eigenvalue weighted by molar-refractivity contribution is 5.68. The van der Waals surface area contributed by atoms with E-state index < -0.39 is 9.85 Å². The Labute approximate surface area is 284 Å². The summed E-state index contributed by atoms with van der Waals surface area (Å²) in [4.78, 5) is 21.2. The van der Waals surface area contributed by atoms with Gasteiger partial charge >= 0.3 is 11.7 Å². The summed E-state index contributed by atoms with van der Waals surface area (Å²) >= 11 is 0. The first-order valence-corrected chi connectivity index (χ1v) is 15.1. The van der Waals surface area contributed by atoms with Gasteiger partial charge in [-0.25, -0.2) is 0 Å². The van der Waals surface area contributed by atoms with Crippen LogP contribution in [0.2, 0.25) is 0 Å². The molecule has 4 aromatic heterocycles. The van der Waals surface area contributed by atoms with Gasteiger partial charge in [0.1, 0.15) is 11.5 Å². The van der Waals surface area contributed by atoms with Crippen molar-refractivity contribution >= 4 is 23.1 Å². The van der Waals surface area contributed by atoms with E-state index >= 15 is 0 Å². The van der Waals surface area contributed by atoms with Crippen LogP contribution in [0.25, 0.3) is 57.4 Å². The smallest absolute Gasteiger partial charge is 0.346 e. The molecule has 4 heterocycles. The predicted octanol–water partition coefficient (Wildman–Crippen LogP) is 5.84. The minimum atomic E-state index is -0.477. The predicted molar refractivity (Wildman–Crippen MR) is 177 cm³/mol. The van der Waals surface area contributed by atoms with Crippen molar-refractivity contribution in [1.29, 1.82) is 0 Å². The maximum atomic E-state index is 11.1. The van der Waals surface area contributed by atoms with Crippen molar-refractivity contribution in [1.82, 2.24) is 39.6 Å². The standard InChI is InChI=1S/C33H22N10O8/c1-48-26-13-3-18(16-24(26)30-38-40-28(34-36-32(40)50-30)20-5-9-22(10-6-20)42(44)45)15-19-4-14-27(49-2)25(17-19)31-39-41-29(35-37-33(41)51-31)21-7-11-23(12-8-21)43(46)47/h3-14,16-17H,15H2,1-2H3. The van der Waals surface area contributed by atoms with Crippen molar-refractivity contribution in [3.05, 3.63) is 116 Å². The van der Waals surface area contributed by atoms with Gasteiger partial charge in [-0.3, -0.25) is 20.2 Å². The average Bonchev–Trinajstić information content (AvgIpc) is 3.93. The zero-order valence-electron chi connectivity index (χ0n) is 26.5. The molecule has 8 aromatic rings. The van der Waals surface area contributed by atoms with Crippen LogP contribution in [0.15, 0.2) is 93.8 Å². The molecule has 18 nitrogen and oxygen atoms in total. The van der Waals surface area contributed by atoms with Crippen molar-refractivity contribution in [3.8, 4) is 57.2 Å². The number of non-ortho nitro benzene ring substituents is 2. The van der Waals surface area contributed by atoms with E-state index in [1.165, 1.54) is 33.3 Å². The third kappa shape index (κ3) is 5.51. The molecule has 0 aliphatic rings. The topological polar surface area (TPSA) is 217 Å². The number of nitro groups is 2. The van der Waals surface area contributed by atoms with Gasteiger partial charge in [-0.2, -0.15) is 9.03 Å². The second-order valence-electron chi connectivity index (χ2n) is 11.1. The van der Waals surface area contributed by atoms with E-state index in [4.69, 9.17) is 18.3 Å². The molecule has 0 N–H and O–H groups in total. The number of benzene rings is 4. The highest BCUT2D eigenvalue weighted by Crippen LogP contribution is 2.35. The van der Waals surface area contributed by atoms with Gasteiger partial charge in [0.05, 0.1) is 35.2 Å². The van der Waals surface area contributed by atoms with Crippen molar-refractivity contribution in [2.75, 3.05) is 14.2 Å². The number of rotatable bonds is 10. The first-order chi connectivity index (χ1) is 24.8. The molecule has 4 aromatic carbocycles. The van der Waals surface area contributed by atoms with Gasteiger partial charge in [0.25, 0.3) is 23.2 Å². The molecule has 0 atom stereocenters. The van der Waals surface area contributed by atoms with Crippen LogP contribution in [-0.4, -0.2) is 63.7 Å². The number of nitrogens with zero attached hydrogens (tertiary/aromatic N) is 10. The summed E-state index contributed by atoms with van der Waals surface area (Å²) in [5, 5.41) is 47.8. The second-order valence-corrected chi connectivity index (χ2v) is 11.1. The number of hydrogen-bond acceptors (Lipinski definition) is 14. The molecule has 51 heavy (non-hydrogen) atoms. The number of methoxy groups -OCH3 is 2. The van der Waals surface area contributed by atoms with Crippen molar-refractivity contribution in [2.45, 2.75) is 6.42 Å². The summed E-state index contributed by atoms with van der Waals surface area (Å²) < 4.78 is 26.0. The molecule has 0 unspecified atom stereocenters. The van der Waals surface area contributed by atoms with Crippen molar-refractivity contribution < 1.29 is 28.2 Å². The number of nitro benzene ring substituents is 2. The first kappa shape index (κ1) is 30.8. The highest BCUT2D eigenvalue weighted by atomic mass is 16.6. The molecule has 8 rings (SSSR count). The first-order valence-electron chi connectivity index (χ1n) is 15.1. The third-order valence-corrected chi connectivity index (χ3v) is 8.05. The fourth-order valence-corrected chi connectivity index (χ4v) is 5.58. The zero-order valence-corrected chi connectivity index (χ0v) is 26.5. The number of hydrogen-bond donors (Lipinski definition) is 0. The van der Waals surface area contributed by atoms with Crippen molar-refractivity contribution in [2.24, 2.45) is 0 Å². The van der Waals surface area contributed by atoms with Gasteiger partial charge in [0.2, 0.25) is 0 Å². The molecule has 0 aliphatic heterocycles. The quantitative estimate of drug-likeness (QED) is 0.122. The van der Waals surface area contributed by atoms with Gasteiger partial charge in [-0.15, -0.1) is 20.4 Å². The van der Waals surface area contributed by atoms with E-state index in [0.717, 1.165) is 11.1 Å². The van der Waals surface area contributed by atoms with Crippen LogP contribution < -0.4 is 9.47 Å². The lowest BCUT2D eigenvalue weighted by molar-refractivity contribution is -0.385. The van der Waals surface area contributed by atoms with Crippen LogP contribution in [0.5, 0.6) is 11.5 Å². The lowest BCUT2D eigenvalue weighted by Gasteiger charge is -2.10. The van der Waals surface area contributed by atoms with Crippen LogP contribution in [-0.2, 0) is 6.42 Å². The van der Waals surface area contributed by atoms with Crippen LogP contribution in [0.3, 0.4) is 0 Å². The normalized spacial score (nSPS) is 11.3. The Morgan fingerprint density at radius 2 is 1.02 bits per heavy atom. The molecule has 252 valence electrons. The molecule has 18 heteroatoms. The number of fused-ring (bicyclic) bond motifs is 2. The fourth-order valence-electron chi connectivity index (χ4n) is 5.58. The summed E-state index contributed by atoms with van der Waals surface area (Å²) in [6.07, 6.45) is 0.481. The Hall–Kier alpha value is -7.50. The minimum absolute atomic E-state index is 0.0485. The van der Waals surface area contributed by atoms with E-state index in [-0.39, 0.29) is 34.8 Å². The third-order valence-electron chi connectivity index (χ3n) is 8.05. The molecule has 0 bridgehead atoms. The summed E-state index contributed by atoms with van der Waals surface area (Å²) in [6, 6.07) is 23.1. The molecular weight excluding hydrogens is 664 g/mol. The van der Waals surface area contributed by atoms with Gasteiger partial charge < -0.3 is 18.3 Å². The Morgan fingerprint density at radius 3 is 1.39 bits per heavy atom. The minimum Gasteiger partial charge on any atom is -0.496 e. The molecular formula is C33H22N10O8. The summed E-state index contributed by atoms with van der Waals surface area (Å²) in [5.41, 5.74) is 3.99. The SMILES string of the molecule is COc1ccc(Cc2ccc(OC)c(-c3nn4c(-c5ccc([N+](=O)[O-])cc5)nnc4o3)c2)cc1-c1nn2c(-c3ccc([N+](=O)[O-])cc3)nnc2o1. The maximum Gasteiger partial charge on any atom is 0.346 e. The molecule has 0 saturated heterocycles. The molecule has 0 fully saturated rings. The van der Waals surface area contributed by atoms with E-state index in [1.54, 1.807) is 38.5 Å². The average molecular weight is 687 g/mol. The van der Waals surface area contributed by atoms with E-state index in [9.17, 15) is 20.2 Å². The largest absolute Gasteiger partial charge is 0.496 e. The number of aromatic nitrogens is 8. The van der Waals surface area contributed by atoms with Gasteiger partial charge in [0, 0.05) is 35.4 Å². The molecule has 0 amide bonds. The second kappa shape index (κ2) is 12.2. The summed E-state index contributed by atoms with van der Waals surface area (Å²) in [6.45, 7) is 0. The monoisotopic (exact) mass is 686 g/mol. The van der Waals surface area contributed by atoms with Crippen LogP contribution in [0, 0.1) is 20.2 Å². The van der Waals surface area contributed by atoms with Crippen LogP contribution >= 0.6 is 0 Å². The summed E-state index contributed by atoms with van der Waals surface area (Å²) in [5.74, 6) is 2.48. The Kier molecular flexibility index (Phi) is 7.36. The molecule has 0 spiro atoms. The van der Waals surface area contributed by atoms with Crippen molar-refractivity contribution in [3.63, 3.8) is 0 Å². The van der Waals surface area contributed by atoms with Gasteiger partial charge in [-0.1, -0.05) is 22.3 Å². The van der Waals surface area contributed by atoms with Gasteiger partial charge in [0.15, 0.2) is 11.6 Å². The Morgan fingerprint density at radius 1 is 0.608 bits per heavy atom. The molecule has 0 saturated carbocycles. The van der Waals surface area contributed by atoms with E-state index in [0.29, 0.717) is 51.8 Å². The Balaban J connectivity index is 1.10. The Bertz CT molecular complexity index is 2430. The van der Waals surface area contributed by atoms with E-state index in [2.05, 4.69) is 30.6 Å². The molecule has 0 radical (unpaired) electrons.